The summed E-state index contributed by atoms with van der Waals surface area (Å²) >= 11 is 1.56. The Hall–Kier alpha value is -2.67. The van der Waals surface area contributed by atoms with E-state index in [1.165, 1.54) is 0 Å². The minimum absolute atomic E-state index is 0.0203. The Morgan fingerprint density at radius 2 is 2.04 bits per heavy atom. The number of methoxy groups -OCH3 is 1. The Morgan fingerprint density at radius 3 is 2.81 bits per heavy atom. The van der Waals surface area contributed by atoms with Gasteiger partial charge in [-0.05, 0) is 30.5 Å². The highest BCUT2D eigenvalue weighted by atomic mass is 32.2. The average molecular weight is 371 g/mol. The van der Waals surface area contributed by atoms with E-state index < -0.39 is 0 Å². The molecule has 1 saturated heterocycles. The summed E-state index contributed by atoms with van der Waals surface area (Å²) in [5.41, 5.74) is 1.53. The van der Waals surface area contributed by atoms with Crippen molar-refractivity contribution in [1.82, 2.24) is 5.32 Å². The molecule has 3 amide bonds. The molecule has 1 fully saturated rings. The number of hydrogen-bond donors (Lipinski definition) is 2. The molecule has 1 aliphatic rings. The van der Waals surface area contributed by atoms with Gasteiger partial charge in [0.05, 0.1) is 18.8 Å². The van der Waals surface area contributed by atoms with Crippen molar-refractivity contribution in [3.8, 4) is 5.75 Å². The lowest BCUT2D eigenvalue weighted by Gasteiger charge is -2.18. The lowest BCUT2D eigenvalue weighted by atomic mass is 10.2. The van der Waals surface area contributed by atoms with E-state index in [0.717, 1.165) is 16.3 Å². The van der Waals surface area contributed by atoms with E-state index in [0.29, 0.717) is 12.3 Å². The molecular weight excluding hydrogens is 350 g/mol. The number of carbonyl (C=O) groups excluding carboxylic acids is 2. The van der Waals surface area contributed by atoms with E-state index in [1.807, 2.05) is 54.8 Å². The van der Waals surface area contributed by atoms with Crippen molar-refractivity contribution in [3.63, 3.8) is 0 Å². The van der Waals surface area contributed by atoms with Gasteiger partial charge in [0, 0.05) is 29.6 Å². The third-order valence-electron chi connectivity index (χ3n) is 4.18. The van der Waals surface area contributed by atoms with E-state index in [4.69, 9.17) is 4.74 Å². The summed E-state index contributed by atoms with van der Waals surface area (Å²) in [6.07, 6.45) is 2.23. The molecule has 26 heavy (non-hydrogen) atoms. The Bertz CT molecular complexity index is 812. The average Bonchev–Trinajstić information content (AvgIpc) is 3.02. The zero-order valence-electron chi connectivity index (χ0n) is 14.7. The van der Waals surface area contributed by atoms with Crippen molar-refractivity contribution in [1.29, 1.82) is 0 Å². The Balaban J connectivity index is 1.62. The van der Waals surface area contributed by atoms with Gasteiger partial charge in [0.15, 0.2) is 0 Å². The van der Waals surface area contributed by atoms with Crippen molar-refractivity contribution in [2.24, 2.45) is 0 Å². The van der Waals surface area contributed by atoms with Gasteiger partial charge in [0.2, 0.25) is 5.91 Å². The number of ether oxygens (including phenoxy) is 1. The first-order valence-corrected chi connectivity index (χ1v) is 9.48. The number of rotatable bonds is 5. The second kappa shape index (κ2) is 8.14. The van der Waals surface area contributed by atoms with Crippen LogP contribution in [0.2, 0.25) is 0 Å². The van der Waals surface area contributed by atoms with Crippen LogP contribution in [0.25, 0.3) is 0 Å². The van der Waals surface area contributed by atoms with Crippen molar-refractivity contribution in [2.45, 2.75) is 17.4 Å². The molecule has 2 aromatic carbocycles. The second-order valence-electron chi connectivity index (χ2n) is 5.91. The van der Waals surface area contributed by atoms with Crippen LogP contribution >= 0.6 is 11.8 Å². The fourth-order valence-corrected chi connectivity index (χ4v) is 3.48. The molecule has 136 valence electrons. The molecule has 7 heteroatoms. The first kappa shape index (κ1) is 18.1. The number of nitrogens with one attached hydrogen (secondary N) is 2. The lowest BCUT2D eigenvalue weighted by molar-refractivity contribution is -0.117. The maximum Gasteiger partial charge on any atom is 0.319 e. The molecule has 0 saturated carbocycles. The van der Waals surface area contributed by atoms with E-state index in [9.17, 15) is 9.59 Å². The van der Waals surface area contributed by atoms with Crippen molar-refractivity contribution >= 4 is 35.1 Å². The number of amides is 3. The van der Waals surface area contributed by atoms with Gasteiger partial charge in [-0.1, -0.05) is 18.2 Å². The Morgan fingerprint density at radius 1 is 1.23 bits per heavy atom. The van der Waals surface area contributed by atoms with E-state index in [2.05, 4.69) is 10.6 Å². The molecule has 0 unspecified atom stereocenters. The van der Waals surface area contributed by atoms with Crippen molar-refractivity contribution < 1.29 is 14.3 Å². The highest BCUT2D eigenvalue weighted by Gasteiger charge is 2.31. The SMILES string of the molecule is COc1cccc(N2C[C@@H](NC(=O)Nc3ccccc3SC)CC2=O)c1. The maximum absolute atomic E-state index is 12.3. The summed E-state index contributed by atoms with van der Waals surface area (Å²) in [6, 6.07) is 14.4. The summed E-state index contributed by atoms with van der Waals surface area (Å²) in [4.78, 5) is 27.3. The van der Waals surface area contributed by atoms with Crippen molar-refractivity contribution in [2.75, 3.05) is 30.1 Å². The van der Waals surface area contributed by atoms with Crippen molar-refractivity contribution in [3.05, 3.63) is 48.5 Å². The van der Waals surface area contributed by atoms with Crippen LogP contribution in [0.4, 0.5) is 16.2 Å². The summed E-state index contributed by atoms with van der Waals surface area (Å²) in [7, 11) is 1.59. The topological polar surface area (TPSA) is 70.7 Å². The molecule has 0 bridgehead atoms. The van der Waals surface area contributed by atoms with E-state index in [-0.39, 0.29) is 24.4 Å². The summed E-state index contributed by atoms with van der Waals surface area (Å²) in [5, 5.41) is 5.74. The monoisotopic (exact) mass is 371 g/mol. The molecule has 1 aliphatic heterocycles. The Kier molecular flexibility index (Phi) is 5.68. The van der Waals surface area contributed by atoms with Gasteiger partial charge in [-0.2, -0.15) is 0 Å². The predicted octanol–water partition coefficient (Wildman–Crippen LogP) is 3.34. The quantitative estimate of drug-likeness (QED) is 0.791. The van der Waals surface area contributed by atoms with Crippen LogP contribution in [0, 0.1) is 0 Å². The summed E-state index contributed by atoms with van der Waals surface area (Å²) in [5.74, 6) is 0.672. The van der Waals surface area contributed by atoms with Crippen LogP contribution < -0.4 is 20.3 Å². The highest BCUT2D eigenvalue weighted by Crippen LogP contribution is 2.26. The lowest BCUT2D eigenvalue weighted by Crippen LogP contribution is -2.39. The molecule has 3 rings (SSSR count). The van der Waals surface area contributed by atoms with Gasteiger partial charge < -0.3 is 20.3 Å². The zero-order chi connectivity index (χ0) is 18.5. The van der Waals surface area contributed by atoms with Gasteiger partial charge in [-0.25, -0.2) is 4.79 Å². The highest BCUT2D eigenvalue weighted by molar-refractivity contribution is 7.98. The fraction of sp³-hybridized carbons (Fsp3) is 0.263. The van der Waals surface area contributed by atoms with Gasteiger partial charge in [-0.15, -0.1) is 11.8 Å². The van der Waals surface area contributed by atoms with Gasteiger partial charge in [-0.3, -0.25) is 4.79 Å². The third-order valence-corrected chi connectivity index (χ3v) is 4.98. The molecule has 2 aromatic rings. The van der Waals surface area contributed by atoms with Crippen LogP contribution in [0.5, 0.6) is 5.75 Å². The number of benzene rings is 2. The standard InChI is InChI=1S/C19H21N3O3S/c1-25-15-7-5-6-14(11-15)22-12-13(10-18(22)23)20-19(24)21-16-8-3-4-9-17(16)26-2/h3-9,11,13H,10,12H2,1-2H3,(H2,20,21,24)/t13-/m0/s1. The van der Waals surface area contributed by atoms with Crippen LogP contribution in [0.3, 0.4) is 0 Å². The molecule has 1 atom stereocenters. The van der Waals surface area contributed by atoms with Crippen LogP contribution in [-0.2, 0) is 4.79 Å². The molecule has 0 radical (unpaired) electrons. The van der Waals surface area contributed by atoms with Gasteiger partial charge >= 0.3 is 6.03 Å². The molecule has 2 N–H and O–H groups in total. The van der Waals surface area contributed by atoms with Gasteiger partial charge in [0.25, 0.3) is 0 Å². The third kappa shape index (κ3) is 4.11. The number of nitrogens with zero attached hydrogens (tertiary/aromatic N) is 1. The minimum atomic E-state index is -0.309. The number of urea groups is 1. The second-order valence-corrected chi connectivity index (χ2v) is 6.75. The molecule has 0 aliphatic carbocycles. The number of hydrogen-bond acceptors (Lipinski definition) is 4. The fourth-order valence-electron chi connectivity index (χ4n) is 2.92. The predicted molar refractivity (Wildman–Crippen MR) is 104 cm³/mol. The smallest absolute Gasteiger partial charge is 0.319 e. The molecule has 1 heterocycles. The largest absolute Gasteiger partial charge is 0.497 e. The van der Waals surface area contributed by atoms with Gasteiger partial charge in [0.1, 0.15) is 5.75 Å². The van der Waals surface area contributed by atoms with Crippen LogP contribution in [0.1, 0.15) is 6.42 Å². The molecule has 6 nitrogen and oxygen atoms in total. The minimum Gasteiger partial charge on any atom is -0.497 e. The van der Waals surface area contributed by atoms with Crippen LogP contribution in [-0.4, -0.2) is 37.9 Å². The Labute approximate surface area is 156 Å². The van der Waals surface area contributed by atoms with E-state index in [1.54, 1.807) is 23.8 Å². The van der Waals surface area contributed by atoms with E-state index >= 15 is 0 Å². The first-order valence-electron chi connectivity index (χ1n) is 8.25. The summed E-state index contributed by atoms with van der Waals surface area (Å²) in [6.45, 7) is 0.434. The maximum atomic E-state index is 12.3. The number of para-hydroxylation sites is 1. The number of thioether (sulfide) groups is 1. The zero-order valence-corrected chi connectivity index (χ0v) is 15.5. The molecule has 0 spiro atoms. The molecular formula is C19H21N3O3S. The number of carbonyl (C=O) groups is 2. The normalized spacial score (nSPS) is 16.5. The molecule has 0 aromatic heterocycles. The first-order chi connectivity index (χ1) is 12.6. The van der Waals surface area contributed by atoms with Crippen LogP contribution in [0.15, 0.2) is 53.4 Å². The number of anilines is 2. The summed E-state index contributed by atoms with van der Waals surface area (Å²) < 4.78 is 5.21.